The van der Waals surface area contributed by atoms with E-state index >= 15 is 0 Å². The lowest BCUT2D eigenvalue weighted by atomic mass is 9.98. The largest absolute Gasteiger partial charge is 0.417 e. The van der Waals surface area contributed by atoms with Crippen molar-refractivity contribution in [3.63, 3.8) is 0 Å². The van der Waals surface area contributed by atoms with Crippen LogP contribution in [-0.2, 0) is 4.79 Å². The van der Waals surface area contributed by atoms with Gasteiger partial charge in [0.2, 0.25) is 5.91 Å². The molecule has 9 heteroatoms. The number of amides is 1. The Balaban J connectivity index is 1.90. The van der Waals surface area contributed by atoms with Gasteiger partial charge in [-0.25, -0.2) is 4.98 Å². The lowest BCUT2D eigenvalue weighted by Gasteiger charge is -2.31. The lowest BCUT2D eigenvalue weighted by Crippen LogP contribution is -2.40. The summed E-state index contributed by atoms with van der Waals surface area (Å²) in [5.41, 5.74) is -0.0806. The molecule has 0 radical (unpaired) electrons. The highest BCUT2D eigenvalue weighted by Crippen LogP contribution is 2.36. The Kier molecular flexibility index (Phi) is 7.28. The van der Waals surface area contributed by atoms with Gasteiger partial charge < -0.3 is 20.9 Å². The minimum Gasteiger partial charge on any atom is -0.382 e. The number of halogens is 3. The van der Waals surface area contributed by atoms with Gasteiger partial charge in [0, 0.05) is 41.9 Å². The fourth-order valence-corrected chi connectivity index (χ4v) is 4.00. The Morgan fingerprint density at radius 3 is 2.56 bits per heavy atom. The average molecular weight is 450 g/mol. The van der Waals surface area contributed by atoms with E-state index < -0.39 is 11.7 Å². The normalized spacial score (nSPS) is 20.0. The molecule has 0 saturated carbocycles. The van der Waals surface area contributed by atoms with Crippen molar-refractivity contribution in [1.29, 1.82) is 0 Å². The smallest absolute Gasteiger partial charge is 0.382 e. The van der Waals surface area contributed by atoms with E-state index in [0.29, 0.717) is 30.6 Å². The number of carbonyl (C=O) groups is 1. The van der Waals surface area contributed by atoms with E-state index in [0.717, 1.165) is 25.9 Å². The maximum absolute atomic E-state index is 13.5. The molecule has 1 amide bonds. The van der Waals surface area contributed by atoms with Crippen LogP contribution in [0.1, 0.15) is 42.5 Å². The van der Waals surface area contributed by atoms with Crippen LogP contribution in [0.25, 0.3) is 17.3 Å². The highest BCUT2D eigenvalue weighted by Gasteiger charge is 2.36. The number of likely N-dealkylation sites (tertiary alicyclic amines) is 1. The van der Waals surface area contributed by atoms with Gasteiger partial charge in [0.25, 0.3) is 0 Å². The topological polar surface area (TPSA) is 69.3 Å². The van der Waals surface area contributed by atoms with Crippen LogP contribution < -0.4 is 16.0 Å². The van der Waals surface area contributed by atoms with Crippen molar-refractivity contribution in [3.8, 4) is 0 Å². The summed E-state index contributed by atoms with van der Waals surface area (Å²) in [6.07, 6.45) is -0.346. The predicted octanol–water partition coefficient (Wildman–Crippen LogP) is 3.65. The molecule has 2 aliphatic heterocycles. The summed E-state index contributed by atoms with van der Waals surface area (Å²) in [5.74, 6) is 0.229. The molecule has 0 spiro atoms. The van der Waals surface area contributed by atoms with Gasteiger partial charge in [0.05, 0.1) is 11.3 Å². The number of hydrogen-bond donors (Lipinski definition) is 3. The number of pyridine rings is 1. The molecule has 3 N–H and O–H groups in total. The van der Waals surface area contributed by atoms with Gasteiger partial charge in [-0.2, -0.15) is 13.2 Å². The third-order valence-corrected chi connectivity index (χ3v) is 5.93. The van der Waals surface area contributed by atoms with Crippen LogP contribution in [0.2, 0.25) is 0 Å². The Labute approximate surface area is 186 Å². The quantitative estimate of drug-likeness (QED) is 0.565. The fourth-order valence-electron chi connectivity index (χ4n) is 4.00. The minimum absolute atomic E-state index is 0.0331. The number of allylic oxidation sites excluding steroid dienone is 1. The number of aromatic nitrogens is 1. The van der Waals surface area contributed by atoms with Gasteiger partial charge in [0.15, 0.2) is 0 Å². The molecular weight excluding hydrogens is 419 g/mol. The summed E-state index contributed by atoms with van der Waals surface area (Å²) >= 11 is 0. The SMILES string of the molecule is C=Cc1c(C(=C)NC2CCN(C)CC2)cc(NCC2CCC(=O)N2)nc1C(=C)C(F)(F)F. The Hall–Kier alpha value is -2.81. The van der Waals surface area contributed by atoms with E-state index in [4.69, 9.17) is 0 Å². The van der Waals surface area contributed by atoms with Crippen molar-refractivity contribution in [1.82, 2.24) is 20.5 Å². The zero-order chi connectivity index (χ0) is 23.5. The summed E-state index contributed by atoms with van der Waals surface area (Å²) < 4.78 is 40.5. The first-order chi connectivity index (χ1) is 15.1. The van der Waals surface area contributed by atoms with Crippen LogP contribution in [0.15, 0.2) is 25.8 Å². The predicted molar refractivity (Wildman–Crippen MR) is 122 cm³/mol. The number of hydrogen-bond acceptors (Lipinski definition) is 5. The Morgan fingerprint density at radius 2 is 2.00 bits per heavy atom. The molecule has 1 atom stereocenters. The molecule has 2 saturated heterocycles. The molecule has 1 unspecified atom stereocenters. The second-order valence-corrected chi connectivity index (χ2v) is 8.38. The summed E-state index contributed by atoms with van der Waals surface area (Å²) in [6, 6.07) is 1.76. The highest BCUT2D eigenvalue weighted by atomic mass is 19.4. The zero-order valence-electron chi connectivity index (χ0n) is 18.3. The number of nitrogens with zero attached hydrogens (tertiary/aromatic N) is 2. The van der Waals surface area contributed by atoms with Gasteiger partial charge in [-0.1, -0.05) is 25.8 Å². The molecule has 0 aliphatic carbocycles. The minimum atomic E-state index is -4.64. The molecule has 0 aromatic carbocycles. The van der Waals surface area contributed by atoms with Crippen molar-refractivity contribution in [2.24, 2.45) is 0 Å². The van der Waals surface area contributed by atoms with Crippen LogP contribution in [-0.4, -0.2) is 60.7 Å². The fraction of sp³-hybridized carbons (Fsp3) is 0.478. The van der Waals surface area contributed by atoms with Crippen LogP contribution in [0.5, 0.6) is 0 Å². The maximum Gasteiger partial charge on any atom is 0.417 e. The van der Waals surface area contributed by atoms with Gasteiger partial charge in [0.1, 0.15) is 5.82 Å². The van der Waals surface area contributed by atoms with Gasteiger partial charge >= 0.3 is 6.18 Å². The number of anilines is 1. The second kappa shape index (κ2) is 9.77. The van der Waals surface area contributed by atoms with E-state index in [1.807, 2.05) is 0 Å². The first-order valence-corrected chi connectivity index (χ1v) is 10.7. The van der Waals surface area contributed by atoms with E-state index in [2.05, 4.69) is 52.6 Å². The van der Waals surface area contributed by atoms with Gasteiger partial charge in [-0.3, -0.25) is 4.79 Å². The van der Waals surface area contributed by atoms with Crippen LogP contribution in [0.3, 0.4) is 0 Å². The van der Waals surface area contributed by atoms with Crippen LogP contribution >= 0.6 is 0 Å². The molecule has 3 rings (SSSR count). The number of carbonyl (C=O) groups excluding carboxylic acids is 1. The summed E-state index contributed by atoms with van der Waals surface area (Å²) in [7, 11) is 2.06. The van der Waals surface area contributed by atoms with Gasteiger partial charge in [-0.05, 0) is 45.5 Å². The third-order valence-electron chi connectivity index (χ3n) is 5.93. The van der Waals surface area contributed by atoms with Crippen LogP contribution in [0.4, 0.5) is 19.0 Å². The Bertz CT molecular complexity index is 904. The molecule has 32 heavy (non-hydrogen) atoms. The third kappa shape index (κ3) is 5.70. The lowest BCUT2D eigenvalue weighted by molar-refractivity contribution is -0.119. The van der Waals surface area contributed by atoms with E-state index in [1.165, 1.54) is 6.08 Å². The van der Waals surface area contributed by atoms with E-state index in [-0.39, 0.29) is 35.1 Å². The van der Waals surface area contributed by atoms with Crippen molar-refractivity contribution >= 4 is 29.1 Å². The monoisotopic (exact) mass is 449 g/mol. The maximum atomic E-state index is 13.5. The number of rotatable bonds is 8. The van der Waals surface area contributed by atoms with Crippen LogP contribution in [0, 0.1) is 0 Å². The Morgan fingerprint density at radius 1 is 1.31 bits per heavy atom. The standard InChI is InChI=1S/C23H30F3N5O/c1-5-18-19(15(3)28-16-8-10-31(4)11-9-16)12-20(27-13-17-6-7-21(32)29-17)30-22(18)14(2)23(24,25)26/h5,12,16-17,28H,1-3,6-11,13H2,4H3,(H,27,30)(H,29,32). The number of nitrogens with one attached hydrogen (secondary N) is 3. The van der Waals surface area contributed by atoms with Gasteiger partial charge in [-0.15, -0.1) is 0 Å². The number of alkyl halides is 3. The first-order valence-electron chi connectivity index (χ1n) is 10.7. The van der Waals surface area contributed by atoms with E-state index in [9.17, 15) is 18.0 Å². The molecule has 2 aliphatic rings. The molecule has 2 fully saturated rings. The summed E-state index contributed by atoms with van der Waals surface area (Å²) in [6.45, 7) is 13.3. The van der Waals surface area contributed by atoms with E-state index in [1.54, 1.807) is 6.07 Å². The molecule has 1 aromatic rings. The average Bonchev–Trinajstić information content (AvgIpc) is 3.17. The molecule has 1 aromatic heterocycles. The number of piperidine rings is 1. The second-order valence-electron chi connectivity index (χ2n) is 8.38. The van der Waals surface area contributed by atoms with Crippen molar-refractivity contribution in [2.75, 3.05) is 32.0 Å². The summed E-state index contributed by atoms with van der Waals surface area (Å²) in [4.78, 5) is 17.9. The molecule has 6 nitrogen and oxygen atoms in total. The van der Waals surface area contributed by atoms with Crippen molar-refractivity contribution in [2.45, 2.75) is 43.9 Å². The molecule has 174 valence electrons. The molecular formula is C23H30F3N5O. The molecule has 0 bridgehead atoms. The molecule has 3 heterocycles. The first kappa shape index (κ1) is 23.8. The van der Waals surface area contributed by atoms with Crippen molar-refractivity contribution in [3.05, 3.63) is 42.6 Å². The zero-order valence-corrected chi connectivity index (χ0v) is 18.3. The van der Waals surface area contributed by atoms with Crippen molar-refractivity contribution < 1.29 is 18.0 Å². The highest BCUT2D eigenvalue weighted by molar-refractivity contribution is 5.82. The summed E-state index contributed by atoms with van der Waals surface area (Å²) in [5, 5.41) is 9.27.